The second-order valence-electron chi connectivity index (χ2n) is 6.39. The average Bonchev–Trinajstić information content (AvgIpc) is 3.32. The fourth-order valence-corrected chi connectivity index (χ4v) is 4.92. The zero-order valence-electron chi connectivity index (χ0n) is 15.7. The zero-order valence-corrected chi connectivity index (χ0v) is 18.8. The van der Waals surface area contributed by atoms with Gasteiger partial charge in [0, 0.05) is 11.8 Å². The number of carboxylic acids is 1. The van der Waals surface area contributed by atoms with Crippen molar-refractivity contribution in [3.8, 4) is 27.0 Å². The van der Waals surface area contributed by atoms with Crippen molar-refractivity contribution >= 4 is 50.3 Å². The summed E-state index contributed by atoms with van der Waals surface area (Å²) in [6.07, 6.45) is 1.12. The van der Waals surface area contributed by atoms with Crippen LogP contribution in [0.5, 0.6) is 0 Å². The van der Waals surface area contributed by atoms with E-state index in [1.54, 1.807) is 36.4 Å². The lowest BCUT2D eigenvalue weighted by molar-refractivity contribution is 0.0690. The Morgan fingerprint density at radius 2 is 1.77 bits per heavy atom. The predicted molar refractivity (Wildman–Crippen MR) is 118 cm³/mol. The number of halogens is 2. The molecule has 0 aliphatic carbocycles. The van der Waals surface area contributed by atoms with Crippen molar-refractivity contribution in [3.05, 3.63) is 64.3 Å². The molecule has 4 aromatic rings. The SMILES string of the molecule is CS(=O)(=O)c1cccc(-c2nnc(-c3c(Cl)c(C(=O)O)nn3-c3ccccc3Cl)s2)c1. The van der Waals surface area contributed by atoms with Crippen LogP contribution in [-0.2, 0) is 9.84 Å². The molecule has 1 N–H and O–H groups in total. The van der Waals surface area contributed by atoms with Gasteiger partial charge >= 0.3 is 5.97 Å². The zero-order chi connectivity index (χ0) is 22.3. The van der Waals surface area contributed by atoms with Gasteiger partial charge in [-0.1, -0.05) is 58.8 Å². The van der Waals surface area contributed by atoms with E-state index in [1.807, 2.05) is 0 Å². The molecule has 0 bridgehead atoms. The van der Waals surface area contributed by atoms with Gasteiger partial charge in [-0.15, -0.1) is 10.2 Å². The predicted octanol–water partition coefficient (Wildman–Crippen LogP) is 4.47. The molecule has 0 atom stereocenters. The van der Waals surface area contributed by atoms with Gasteiger partial charge < -0.3 is 5.11 Å². The molecular formula is C19H12Cl2N4O4S2. The van der Waals surface area contributed by atoms with Crippen molar-refractivity contribution < 1.29 is 18.3 Å². The van der Waals surface area contributed by atoms with E-state index >= 15 is 0 Å². The Kier molecular flexibility index (Phi) is 5.56. The lowest BCUT2D eigenvalue weighted by Gasteiger charge is -2.07. The number of hydrogen-bond donors (Lipinski definition) is 1. The van der Waals surface area contributed by atoms with Crippen LogP contribution in [0.15, 0.2) is 53.4 Å². The van der Waals surface area contributed by atoms with Gasteiger partial charge in [0.15, 0.2) is 20.5 Å². The van der Waals surface area contributed by atoms with Crippen LogP contribution in [0.3, 0.4) is 0 Å². The largest absolute Gasteiger partial charge is 0.476 e. The normalized spacial score (nSPS) is 11.6. The maximum absolute atomic E-state index is 11.9. The molecule has 0 radical (unpaired) electrons. The van der Waals surface area contributed by atoms with Crippen LogP contribution in [0.4, 0.5) is 0 Å². The van der Waals surface area contributed by atoms with E-state index in [1.165, 1.54) is 16.8 Å². The summed E-state index contributed by atoms with van der Waals surface area (Å²) in [6.45, 7) is 0. The molecule has 0 aliphatic rings. The third-order valence-corrected chi connectivity index (χ3v) is 7.01. The van der Waals surface area contributed by atoms with Crippen LogP contribution in [0, 0.1) is 0 Å². The Hall–Kier alpha value is -2.79. The molecule has 0 saturated carbocycles. The topological polar surface area (TPSA) is 115 Å². The molecule has 12 heteroatoms. The summed E-state index contributed by atoms with van der Waals surface area (Å²) in [6, 6.07) is 13.1. The Morgan fingerprint density at radius 3 is 2.45 bits per heavy atom. The standard InChI is InChI=1S/C19H12Cl2N4O4S2/c1-31(28,29)11-6-4-5-10(9-11)17-22-23-18(30-17)16-14(21)15(19(26)27)24-25(16)13-8-3-2-7-12(13)20/h2-9H,1H3,(H,26,27). The molecule has 0 aliphatic heterocycles. The molecule has 0 unspecified atom stereocenters. The summed E-state index contributed by atoms with van der Waals surface area (Å²) in [4.78, 5) is 11.8. The number of aromatic nitrogens is 4. The van der Waals surface area contributed by atoms with Crippen LogP contribution in [0.2, 0.25) is 10.0 Å². The fraction of sp³-hybridized carbons (Fsp3) is 0.0526. The highest BCUT2D eigenvalue weighted by molar-refractivity contribution is 7.90. The van der Waals surface area contributed by atoms with Crippen molar-refractivity contribution in [1.29, 1.82) is 0 Å². The number of benzene rings is 2. The first kappa shape index (κ1) is 21.4. The van der Waals surface area contributed by atoms with E-state index in [0.29, 0.717) is 26.3 Å². The highest BCUT2D eigenvalue weighted by Gasteiger charge is 2.27. The van der Waals surface area contributed by atoms with Crippen LogP contribution in [0.1, 0.15) is 10.5 Å². The molecular weight excluding hydrogens is 483 g/mol. The maximum atomic E-state index is 11.9. The van der Waals surface area contributed by atoms with Crippen molar-refractivity contribution in [2.45, 2.75) is 4.90 Å². The summed E-state index contributed by atoms with van der Waals surface area (Å²) >= 11 is 13.7. The first-order valence-corrected chi connectivity index (χ1v) is 12.0. The lowest BCUT2D eigenvalue weighted by atomic mass is 10.2. The van der Waals surface area contributed by atoms with E-state index in [0.717, 1.165) is 17.6 Å². The van der Waals surface area contributed by atoms with Crippen LogP contribution in [-0.4, -0.2) is 45.7 Å². The van der Waals surface area contributed by atoms with Gasteiger partial charge in [-0.05, 0) is 24.3 Å². The van der Waals surface area contributed by atoms with Gasteiger partial charge in [0.25, 0.3) is 0 Å². The van der Waals surface area contributed by atoms with Crippen molar-refractivity contribution in [2.75, 3.05) is 6.26 Å². The van der Waals surface area contributed by atoms with E-state index < -0.39 is 15.8 Å². The van der Waals surface area contributed by atoms with E-state index in [-0.39, 0.29) is 21.3 Å². The van der Waals surface area contributed by atoms with Gasteiger partial charge in [0.1, 0.15) is 15.7 Å². The molecule has 2 aromatic heterocycles. The second kappa shape index (κ2) is 8.04. The van der Waals surface area contributed by atoms with Crippen LogP contribution < -0.4 is 0 Å². The van der Waals surface area contributed by atoms with Crippen LogP contribution >= 0.6 is 34.5 Å². The molecule has 0 saturated heterocycles. The number of carboxylic acid groups (broad SMARTS) is 1. The highest BCUT2D eigenvalue weighted by atomic mass is 35.5. The van der Waals surface area contributed by atoms with Gasteiger partial charge in [0.05, 0.1) is 15.6 Å². The Labute approximate surface area is 190 Å². The van der Waals surface area contributed by atoms with Crippen molar-refractivity contribution in [1.82, 2.24) is 20.0 Å². The Bertz CT molecular complexity index is 1430. The number of rotatable bonds is 5. The fourth-order valence-electron chi connectivity index (χ4n) is 2.81. The molecule has 2 heterocycles. The number of sulfone groups is 1. The molecule has 31 heavy (non-hydrogen) atoms. The minimum absolute atomic E-state index is 0.111. The van der Waals surface area contributed by atoms with E-state index in [4.69, 9.17) is 23.2 Å². The number of nitrogens with zero attached hydrogens (tertiary/aromatic N) is 4. The molecule has 0 fully saturated rings. The summed E-state index contributed by atoms with van der Waals surface area (Å²) in [5.74, 6) is -1.30. The molecule has 8 nitrogen and oxygen atoms in total. The third-order valence-electron chi connectivity index (χ3n) is 4.25. The number of aromatic carboxylic acids is 1. The van der Waals surface area contributed by atoms with Gasteiger partial charge in [0.2, 0.25) is 0 Å². The summed E-state index contributed by atoms with van der Waals surface area (Å²) in [5, 5.41) is 22.8. The molecule has 0 amide bonds. The van der Waals surface area contributed by atoms with Gasteiger partial charge in [-0.25, -0.2) is 17.9 Å². The summed E-state index contributed by atoms with van der Waals surface area (Å²) in [5.41, 5.74) is 0.831. The van der Waals surface area contributed by atoms with Gasteiger partial charge in [-0.3, -0.25) is 0 Å². The Balaban J connectivity index is 1.88. The smallest absolute Gasteiger partial charge is 0.358 e. The van der Waals surface area contributed by atoms with E-state index in [9.17, 15) is 18.3 Å². The first-order valence-electron chi connectivity index (χ1n) is 8.58. The lowest BCUT2D eigenvalue weighted by Crippen LogP contribution is -2.02. The molecule has 158 valence electrons. The van der Waals surface area contributed by atoms with E-state index in [2.05, 4.69) is 15.3 Å². The molecule has 4 rings (SSSR count). The minimum atomic E-state index is -3.40. The molecule has 0 spiro atoms. The highest BCUT2D eigenvalue weighted by Crippen LogP contribution is 2.38. The monoisotopic (exact) mass is 494 g/mol. The summed E-state index contributed by atoms with van der Waals surface area (Å²) < 4.78 is 25.0. The Morgan fingerprint density at radius 1 is 1.06 bits per heavy atom. The number of hydrogen-bond acceptors (Lipinski definition) is 7. The number of carbonyl (C=O) groups is 1. The van der Waals surface area contributed by atoms with Crippen LogP contribution in [0.25, 0.3) is 27.0 Å². The maximum Gasteiger partial charge on any atom is 0.358 e. The average molecular weight is 495 g/mol. The molecule has 2 aromatic carbocycles. The minimum Gasteiger partial charge on any atom is -0.476 e. The summed E-state index contributed by atoms with van der Waals surface area (Å²) in [7, 11) is -3.40. The quantitative estimate of drug-likeness (QED) is 0.435. The van der Waals surface area contributed by atoms with Crippen molar-refractivity contribution in [3.63, 3.8) is 0 Å². The van der Waals surface area contributed by atoms with Crippen molar-refractivity contribution in [2.24, 2.45) is 0 Å². The van der Waals surface area contributed by atoms with Gasteiger partial charge in [-0.2, -0.15) is 5.10 Å². The second-order valence-corrected chi connectivity index (χ2v) is 10.2. The third kappa shape index (κ3) is 4.07. The first-order chi connectivity index (χ1) is 14.7. The number of para-hydroxylation sites is 1.